The molecule has 1 aromatic heterocycles. The van der Waals surface area contributed by atoms with Gasteiger partial charge in [0.05, 0.1) is 0 Å². The lowest BCUT2D eigenvalue weighted by molar-refractivity contribution is -0.140. The summed E-state index contributed by atoms with van der Waals surface area (Å²) in [6.45, 7) is 8.14. The van der Waals surface area contributed by atoms with Crippen LogP contribution in [0.25, 0.3) is 0 Å². The summed E-state index contributed by atoms with van der Waals surface area (Å²) in [7, 11) is 0. The maximum absolute atomic E-state index is 11.5. The molecule has 1 aliphatic heterocycles. The number of allylic oxidation sites excluding steroid dienone is 1. The third-order valence-corrected chi connectivity index (χ3v) is 3.77. The fourth-order valence-corrected chi connectivity index (χ4v) is 2.93. The zero-order chi connectivity index (χ0) is 12.4. The van der Waals surface area contributed by atoms with Gasteiger partial charge in [0, 0.05) is 13.0 Å². The number of carbonyl (C=O) groups is 1. The largest absolute Gasteiger partial charge is 0.462 e. The molecular weight excluding hydrogens is 238 g/mol. The van der Waals surface area contributed by atoms with E-state index in [4.69, 9.17) is 4.74 Å². The fourth-order valence-electron chi connectivity index (χ4n) is 1.73. The molecule has 2 atom stereocenters. The van der Waals surface area contributed by atoms with E-state index in [1.165, 1.54) is 11.8 Å². The lowest BCUT2D eigenvalue weighted by Crippen LogP contribution is -2.11. The molecule has 1 aliphatic rings. The normalized spacial score (nSPS) is 23.8. The lowest BCUT2D eigenvalue weighted by atomic mass is 10.3. The molecule has 2 heterocycles. The van der Waals surface area contributed by atoms with Crippen molar-refractivity contribution in [3.63, 3.8) is 0 Å². The van der Waals surface area contributed by atoms with Crippen LogP contribution in [0.3, 0.4) is 0 Å². The molecule has 0 N–H and O–H groups in total. The summed E-state index contributed by atoms with van der Waals surface area (Å²) in [6.07, 6.45) is 2.51. The number of cyclic esters (lactones) is 1. The number of thioether (sulfide) groups is 1. The summed E-state index contributed by atoms with van der Waals surface area (Å²) in [4.78, 5) is 11.5. The first kappa shape index (κ1) is 12.2. The van der Waals surface area contributed by atoms with Gasteiger partial charge in [-0.25, -0.2) is 0 Å². The number of nitrogens with zero attached hydrogens (tertiary/aromatic N) is 3. The summed E-state index contributed by atoms with van der Waals surface area (Å²) in [6, 6.07) is 0. The van der Waals surface area contributed by atoms with Crippen molar-refractivity contribution in [2.75, 3.05) is 0 Å². The molecule has 0 radical (unpaired) electrons. The van der Waals surface area contributed by atoms with Crippen molar-refractivity contribution < 1.29 is 9.53 Å². The highest BCUT2D eigenvalue weighted by Crippen LogP contribution is 2.31. The Bertz CT molecular complexity index is 444. The quantitative estimate of drug-likeness (QED) is 0.602. The van der Waals surface area contributed by atoms with Gasteiger partial charge in [-0.05, 0) is 13.8 Å². The molecule has 1 aromatic rings. The van der Waals surface area contributed by atoms with Crippen LogP contribution in [0.15, 0.2) is 17.8 Å². The van der Waals surface area contributed by atoms with Crippen LogP contribution in [-0.4, -0.2) is 32.1 Å². The second-order valence-electron chi connectivity index (χ2n) is 4.02. The van der Waals surface area contributed by atoms with Gasteiger partial charge in [0.15, 0.2) is 5.16 Å². The molecule has 0 unspecified atom stereocenters. The zero-order valence-electron chi connectivity index (χ0n) is 9.92. The summed E-state index contributed by atoms with van der Waals surface area (Å²) < 4.78 is 7.05. The fraction of sp³-hybridized carbons (Fsp3) is 0.545. The number of esters is 1. The van der Waals surface area contributed by atoms with E-state index in [-0.39, 0.29) is 17.3 Å². The molecule has 1 fully saturated rings. The number of hydrogen-bond acceptors (Lipinski definition) is 5. The van der Waals surface area contributed by atoms with Crippen molar-refractivity contribution in [2.24, 2.45) is 0 Å². The number of carbonyl (C=O) groups excluding carboxylic acids is 1. The Morgan fingerprint density at radius 2 is 2.41 bits per heavy atom. The second-order valence-corrected chi connectivity index (χ2v) is 5.19. The summed E-state index contributed by atoms with van der Waals surface area (Å²) in [5.74, 6) is 0.667. The zero-order valence-corrected chi connectivity index (χ0v) is 10.7. The van der Waals surface area contributed by atoms with Crippen molar-refractivity contribution in [3.05, 3.63) is 18.5 Å². The highest BCUT2D eigenvalue weighted by molar-refractivity contribution is 8.00. The maximum Gasteiger partial charge on any atom is 0.319 e. The molecule has 5 nitrogen and oxygen atoms in total. The molecule has 0 bridgehead atoms. The SMILES string of the molecule is C=CCn1c(C)nnc1S[C@H]1C[C@H](C)OC1=O. The second kappa shape index (κ2) is 4.91. The molecule has 17 heavy (non-hydrogen) atoms. The van der Waals surface area contributed by atoms with Crippen LogP contribution < -0.4 is 0 Å². The van der Waals surface area contributed by atoms with Crippen molar-refractivity contribution in [1.29, 1.82) is 0 Å². The van der Waals surface area contributed by atoms with Crippen molar-refractivity contribution in [1.82, 2.24) is 14.8 Å². The monoisotopic (exact) mass is 253 g/mol. The predicted octanol–water partition coefficient (Wildman–Crippen LogP) is 1.57. The van der Waals surface area contributed by atoms with E-state index in [9.17, 15) is 4.79 Å². The standard InChI is InChI=1S/C11H15N3O2S/c1-4-5-14-8(3)12-13-11(14)17-9-6-7(2)16-10(9)15/h4,7,9H,1,5-6H2,2-3H3/t7-,9-/m0/s1. The minimum absolute atomic E-state index is 0.00290. The first-order valence-corrected chi connectivity index (χ1v) is 6.37. The molecule has 1 saturated heterocycles. The Morgan fingerprint density at radius 1 is 1.65 bits per heavy atom. The van der Waals surface area contributed by atoms with E-state index in [0.29, 0.717) is 6.54 Å². The Balaban J connectivity index is 2.13. The summed E-state index contributed by atoms with van der Waals surface area (Å²) in [5, 5.41) is 8.67. The van der Waals surface area contributed by atoms with Crippen LogP contribution in [-0.2, 0) is 16.1 Å². The summed E-state index contributed by atoms with van der Waals surface area (Å²) in [5.41, 5.74) is 0. The highest BCUT2D eigenvalue weighted by Gasteiger charge is 2.34. The Labute approximate surface area is 104 Å². The Kier molecular flexibility index (Phi) is 3.51. The van der Waals surface area contributed by atoms with E-state index in [1.54, 1.807) is 6.08 Å². The number of ether oxygens (including phenoxy) is 1. The third-order valence-electron chi connectivity index (χ3n) is 2.59. The van der Waals surface area contributed by atoms with Gasteiger partial charge >= 0.3 is 5.97 Å². The number of hydrogen-bond donors (Lipinski definition) is 0. The number of aromatic nitrogens is 3. The maximum atomic E-state index is 11.5. The van der Waals surface area contributed by atoms with Gasteiger partial charge in [0.25, 0.3) is 0 Å². The van der Waals surface area contributed by atoms with Gasteiger partial charge in [-0.3, -0.25) is 4.79 Å². The van der Waals surface area contributed by atoms with E-state index < -0.39 is 0 Å². The molecule has 0 aromatic carbocycles. The van der Waals surface area contributed by atoms with Crippen LogP contribution in [0, 0.1) is 6.92 Å². The van der Waals surface area contributed by atoms with Crippen molar-refractivity contribution in [3.8, 4) is 0 Å². The van der Waals surface area contributed by atoms with Crippen LogP contribution in [0.1, 0.15) is 19.2 Å². The van der Waals surface area contributed by atoms with Crippen molar-refractivity contribution in [2.45, 2.75) is 43.3 Å². The molecule has 0 saturated carbocycles. The first-order valence-electron chi connectivity index (χ1n) is 5.49. The third kappa shape index (κ3) is 2.52. The molecular formula is C11H15N3O2S. The smallest absolute Gasteiger partial charge is 0.319 e. The minimum atomic E-state index is -0.169. The Morgan fingerprint density at radius 3 is 3.00 bits per heavy atom. The lowest BCUT2D eigenvalue weighted by Gasteiger charge is -2.07. The van der Waals surface area contributed by atoms with Gasteiger partial charge in [0.1, 0.15) is 17.2 Å². The van der Waals surface area contributed by atoms with E-state index >= 15 is 0 Å². The molecule has 92 valence electrons. The van der Waals surface area contributed by atoms with Crippen LogP contribution in [0.5, 0.6) is 0 Å². The van der Waals surface area contributed by atoms with E-state index in [0.717, 1.165) is 17.4 Å². The van der Waals surface area contributed by atoms with Crippen molar-refractivity contribution >= 4 is 17.7 Å². The highest BCUT2D eigenvalue weighted by atomic mass is 32.2. The summed E-state index contributed by atoms with van der Waals surface area (Å²) >= 11 is 1.42. The average molecular weight is 253 g/mol. The molecule has 2 rings (SSSR count). The van der Waals surface area contributed by atoms with Crippen LogP contribution in [0.4, 0.5) is 0 Å². The van der Waals surface area contributed by atoms with Crippen LogP contribution in [0.2, 0.25) is 0 Å². The number of aryl methyl sites for hydroxylation is 1. The molecule has 0 aliphatic carbocycles. The van der Waals surface area contributed by atoms with E-state index in [2.05, 4.69) is 16.8 Å². The van der Waals surface area contributed by atoms with E-state index in [1.807, 2.05) is 18.4 Å². The van der Waals surface area contributed by atoms with Gasteiger partial charge in [-0.15, -0.1) is 16.8 Å². The molecule has 0 amide bonds. The van der Waals surface area contributed by atoms with Gasteiger partial charge in [0.2, 0.25) is 0 Å². The predicted molar refractivity (Wildman–Crippen MR) is 64.8 cm³/mol. The average Bonchev–Trinajstić information content (AvgIpc) is 2.76. The van der Waals surface area contributed by atoms with Gasteiger partial charge in [-0.1, -0.05) is 17.8 Å². The van der Waals surface area contributed by atoms with Crippen LogP contribution >= 0.6 is 11.8 Å². The van der Waals surface area contributed by atoms with Gasteiger partial charge < -0.3 is 9.30 Å². The topological polar surface area (TPSA) is 57.0 Å². The first-order chi connectivity index (χ1) is 8.11. The molecule has 6 heteroatoms. The molecule has 0 spiro atoms. The number of rotatable bonds is 4. The van der Waals surface area contributed by atoms with Gasteiger partial charge in [-0.2, -0.15) is 0 Å². The minimum Gasteiger partial charge on any atom is -0.462 e. The Hall–Kier alpha value is -1.30.